The summed E-state index contributed by atoms with van der Waals surface area (Å²) in [6, 6.07) is 14.5. The third kappa shape index (κ3) is 3.84. The summed E-state index contributed by atoms with van der Waals surface area (Å²) in [6.45, 7) is 2.79. The van der Waals surface area contributed by atoms with Gasteiger partial charge in [-0.3, -0.25) is 4.79 Å². The molecule has 2 aromatic heterocycles. The molecule has 0 N–H and O–H groups in total. The second-order valence-electron chi connectivity index (χ2n) is 6.45. The molecule has 6 nitrogen and oxygen atoms in total. The molecule has 0 amide bonds. The lowest BCUT2D eigenvalue weighted by Gasteiger charge is -2.12. The first-order valence-corrected chi connectivity index (χ1v) is 10.0. The smallest absolute Gasteiger partial charge is 0.223 e. The number of hydrogen-bond donors (Lipinski definition) is 0. The quantitative estimate of drug-likeness (QED) is 0.345. The Morgan fingerprint density at radius 2 is 1.90 bits per heavy atom. The van der Waals surface area contributed by atoms with Crippen molar-refractivity contribution in [1.29, 1.82) is 0 Å². The predicted octanol–water partition coefficient (Wildman–Crippen LogP) is 5.67. The van der Waals surface area contributed by atoms with Crippen molar-refractivity contribution >= 4 is 29.0 Å². The minimum absolute atomic E-state index is 0.194. The SMILES string of the molecule is CCn1ncc(C(=O)c2ccc(Cl)c(-c3ccon3)c2Cl)c1OCc1ccccc1. The zero-order valence-corrected chi connectivity index (χ0v) is 17.5. The number of nitrogens with zero attached hydrogens (tertiary/aromatic N) is 3. The fourth-order valence-electron chi connectivity index (χ4n) is 3.08. The van der Waals surface area contributed by atoms with E-state index >= 15 is 0 Å². The molecule has 0 aliphatic rings. The minimum atomic E-state index is -0.316. The summed E-state index contributed by atoms with van der Waals surface area (Å²) in [4.78, 5) is 13.4. The number of ether oxygens (including phenoxy) is 1. The van der Waals surface area contributed by atoms with Gasteiger partial charge in [-0.1, -0.05) is 58.7 Å². The zero-order valence-electron chi connectivity index (χ0n) is 16.0. The molecule has 0 radical (unpaired) electrons. The average molecular weight is 442 g/mol. The van der Waals surface area contributed by atoms with E-state index < -0.39 is 0 Å². The van der Waals surface area contributed by atoms with Crippen molar-refractivity contribution in [3.05, 3.63) is 87.7 Å². The van der Waals surface area contributed by atoms with E-state index in [1.807, 2.05) is 37.3 Å². The van der Waals surface area contributed by atoms with E-state index in [1.54, 1.807) is 22.9 Å². The van der Waals surface area contributed by atoms with E-state index in [2.05, 4.69) is 10.3 Å². The van der Waals surface area contributed by atoms with Gasteiger partial charge >= 0.3 is 0 Å². The molecule has 0 saturated carbocycles. The molecule has 0 atom stereocenters. The van der Waals surface area contributed by atoms with E-state index in [9.17, 15) is 4.79 Å². The van der Waals surface area contributed by atoms with Gasteiger partial charge in [0.2, 0.25) is 11.7 Å². The van der Waals surface area contributed by atoms with Crippen LogP contribution in [-0.4, -0.2) is 20.7 Å². The van der Waals surface area contributed by atoms with Crippen molar-refractivity contribution < 1.29 is 14.1 Å². The topological polar surface area (TPSA) is 70.2 Å². The van der Waals surface area contributed by atoms with Crippen LogP contribution in [0.2, 0.25) is 10.0 Å². The van der Waals surface area contributed by atoms with Gasteiger partial charge in [0, 0.05) is 23.7 Å². The molecule has 0 aliphatic heterocycles. The van der Waals surface area contributed by atoms with Crippen LogP contribution in [0.3, 0.4) is 0 Å². The van der Waals surface area contributed by atoms with Crippen molar-refractivity contribution in [2.75, 3.05) is 0 Å². The fraction of sp³-hybridized carbons (Fsp3) is 0.136. The van der Waals surface area contributed by atoms with Crippen LogP contribution in [-0.2, 0) is 13.2 Å². The lowest BCUT2D eigenvalue weighted by molar-refractivity contribution is 0.103. The number of ketones is 1. The molecule has 4 rings (SSSR count). The van der Waals surface area contributed by atoms with Gasteiger partial charge < -0.3 is 9.26 Å². The summed E-state index contributed by atoms with van der Waals surface area (Å²) in [7, 11) is 0. The number of halogens is 2. The van der Waals surface area contributed by atoms with Gasteiger partial charge in [-0.15, -0.1) is 0 Å². The third-order valence-corrected chi connectivity index (χ3v) is 5.29. The van der Waals surface area contributed by atoms with Gasteiger partial charge in [-0.25, -0.2) is 4.68 Å². The molecular weight excluding hydrogens is 425 g/mol. The highest BCUT2D eigenvalue weighted by molar-refractivity contribution is 6.41. The van der Waals surface area contributed by atoms with Crippen LogP contribution in [0.25, 0.3) is 11.3 Å². The summed E-state index contributed by atoms with van der Waals surface area (Å²) in [6.07, 6.45) is 2.91. The van der Waals surface area contributed by atoms with Crippen molar-refractivity contribution in [2.45, 2.75) is 20.1 Å². The number of carbonyl (C=O) groups is 1. The number of aryl methyl sites for hydroxylation is 1. The van der Waals surface area contributed by atoms with Crippen molar-refractivity contribution in [1.82, 2.24) is 14.9 Å². The molecule has 0 unspecified atom stereocenters. The van der Waals surface area contributed by atoms with Gasteiger partial charge in [0.1, 0.15) is 24.1 Å². The first-order valence-electron chi connectivity index (χ1n) is 9.26. The lowest BCUT2D eigenvalue weighted by Crippen LogP contribution is -2.09. The normalized spacial score (nSPS) is 10.9. The summed E-state index contributed by atoms with van der Waals surface area (Å²) < 4.78 is 12.5. The monoisotopic (exact) mass is 441 g/mol. The van der Waals surface area contributed by atoms with Crippen LogP contribution >= 0.6 is 23.2 Å². The van der Waals surface area contributed by atoms with Gasteiger partial charge in [0.05, 0.1) is 16.2 Å². The Balaban J connectivity index is 1.71. The van der Waals surface area contributed by atoms with Crippen molar-refractivity contribution in [3.8, 4) is 17.1 Å². The lowest BCUT2D eigenvalue weighted by atomic mass is 10.0. The van der Waals surface area contributed by atoms with Crippen LogP contribution in [0.1, 0.15) is 28.4 Å². The number of benzene rings is 2. The van der Waals surface area contributed by atoms with E-state index in [1.165, 1.54) is 12.5 Å². The summed E-state index contributed by atoms with van der Waals surface area (Å²) in [5, 5.41) is 8.74. The van der Waals surface area contributed by atoms with E-state index in [4.69, 9.17) is 32.5 Å². The van der Waals surface area contributed by atoms with E-state index in [0.29, 0.717) is 40.9 Å². The Hall–Kier alpha value is -3.09. The van der Waals surface area contributed by atoms with Crippen LogP contribution in [0.4, 0.5) is 0 Å². The zero-order chi connectivity index (χ0) is 21.1. The number of rotatable bonds is 7. The second-order valence-corrected chi connectivity index (χ2v) is 7.24. The number of aromatic nitrogens is 3. The molecule has 152 valence electrons. The second kappa shape index (κ2) is 8.73. The Kier molecular flexibility index (Phi) is 5.88. The molecule has 2 heterocycles. The minimum Gasteiger partial charge on any atom is -0.472 e. The molecule has 8 heteroatoms. The average Bonchev–Trinajstić information content (AvgIpc) is 3.42. The fourth-order valence-corrected chi connectivity index (χ4v) is 3.73. The van der Waals surface area contributed by atoms with Crippen molar-refractivity contribution in [3.63, 3.8) is 0 Å². The maximum absolute atomic E-state index is 13.4. The number of carbonyl (C=O) groups excluding carboxylic acids is 1. The summed E-state index contributed by atoms with van der Waals surface area (Å²) in [5.74, 6) is 0.0736. The molecule has 0 fully saturated rings. The maximum atomic E-state index is 13.4. The molecule has 2 aromatic carbocycles. The first-order chi connectivity index (χ1) is 14.6. The Morgan fingerprint density at radius 1 is 1.10 bits per heavy atom. The summed E-state index contributed by atoms with van der Waals surface area (Å²) in [5.41, 5.74) is 2.47. The van der Waals surface area contributed by atoms with Crippen LogP contribution < -0.4 is 4.74 Å². The van der Waals surface area contributed by atoms with Crippen LogP contribution in [0, 0.1) is 0 Å². The van der Waals surface area contributed by atoms with Gasteiger partial charge in [0.15, 0.2) is 0 Å². The Labute approximate surface area is 183 Å². The standard InChI is InChI=1S/C22H17Cl2N3O3/c1-2-27-22(29-13-14-6-4-3-5-7-14)16(12-25-27)21(28)15-8-9-17(23)19(20(15)24)18-10-11-30-26-18/h3-12H,2,13H2,1H3. The first kappa shape index (κ1) is 20.2. The maximum Gasteiger partial charge on any atom is 0.223 e. The van der Waals surface area contributed by atoms with Crippen LogP contribution in [0.5, 0.6) is 5.88 Å². The Bertz CT molecular complexity index is 1170. The highest BCUT2D eigenvalue weighted by Crippen LogP contribution is 2.37. The van der Waals surface area contributed by atoms with E-state index in [0.717, 1.165) is 5.56 Å². The molecule has 4 aromatic rings. The number of hydrogen-bond acceptors (Lipinski definition) is 5. The Morgan fingerprint density at radius 3 is 2.60 bits per heavy atom. The third-order valence-electron chi connectivity index (χ3n) is 4.58. The van der Waals surface area contributed by atoms with Gasteiger partial charge in [-0.2, -0.15) is 5.10 Å². The van der Waals surface area contributed by atoms with Crippen LogP contribution in [0.15, 0.2) is 65.5 Å². The predicted molar refractivity (Wildman–Crippen MR) is 114 cm³/mol. The molecule has 0 saturated heterocycles. The van der Waals surface area contributed by atoms with Crippen molar-refractivity contribution in [2.24, 2.45) is 0 Å². The molecule has 0 spiro atoms. The largest absolute Gasteiger partial charge is 0.472 e. The molecule has 0 bridgehead atoms. The molecular formula is C22H17Cl2N3O3. The van der Waals surface area contributed by atoms with E-state index in [-0.39, 0.29) is 16.4 Å². The molecule has 0 aliphatic carbocycles. The summed E-state index contributed by atoms with van der Waals surface area (Å²) >= 11 is 12.9. The molecule has 30 heavy (non-hydrogen) atoms. The van der Waals surface area contributed by atoms with Gasteiger partial charge in [0.25, 0.3) is 0 Å². The van der Waals surface area contributed by atoms with Gasteiger partial charge in [-0.05, 0) is 24.6 Å². The highest BCUT2D eigenvalue weighted by Gasteiger charge is 2.25. The highest BCUT2D eigenvalue weighted by atomic mass is 35.5.